The molecule has 2 saturated heterocycles. The van der Waals surface area contributed by atoms with Crippen molar-refractivity contribution in [1.29, 1.82) is 5.26 Å². The third-order valence-electron chi connectivity index (χ3n) is 5.29. The van der Waals surface area contributed by atoms with Gasteiger partial charge in [-0.3, -0.25) is 4.79 Å². The van der Waals surface area contributed by atoms with Gasteiger partial charge in [-0.1, -0.05) is 12.1 Å². The fourth-order valence-corrected chi connectivity index (χ4v) is 3.98. The molecule has 2 fully saturated rings. The maximum Gasteiger partial charge on any atom is 0.229 e. The molecule has 2 aliphatic heterocycles. The highest BCUT2D eigenvalue weighted by Gasteiger charge is 2.54. The summed E-state index contributed by atoms with van der Waals surface area (Å²) in [6.07, 6.45) is 1.81. The number of hydrogen-bond donors (Lipinski definition) is 1. The first-order valence-electron chi connectivity index (χ1n) is 8.10. The van der Waals surface area contributed by atoms with Gasteiger partial charge in [-0.05, 0) is 57.5 Å². The van der Waals surface area contributed by atoms with Crippen LogP contribution in [0.3, 0.4) is 0 Å². The number of likely N-dealkylation sites (tertiary alicyclic amines) is 1. The van der Waals surface area contributed by atoms with Crippen molar-refractivity contribution in [1.82, 2.24) is 10.2 Å². The second kappa shape index (κ2) is 5.73. The zero-order valence-electron chi connectivity index (χ0n) is 13.3. The summed E-state index contributed by atoms with van der Waals surface area (Å²) < 4.78 is 0. The summed E-state index contributed by atoms with van der Waals surface area (Å²) in [4.78, 5) is 15.1. The Morgan fingerprint density at radius 3 is 2.45 bits per heavy atom. The summed E-state index contributed by atoms with van der Waals surface area (Å²) in [6, 6.07) is 10.2. The molecule has 3 rings (SSSR count). The summed E-state index contributed by atoms with van der Waals surface area (Å²) in [5.74, 6) is 0.551. The van der Waals surface area contributed by atoms with Crippen LogP contribution in [0.5, 0.6) is 0 Å². The number of piperidine rings is 1. The lowest BCUT2D eigenvalue weighted by Crippen LogP contribution is -2.45. The van der Waals surface area contributed by atoms with Crippen molar-refractivity contribution in [3.8, 4) is 6.07 Å². The van der Waals surface area contributed by atoms with Gasteiger partial charge in [0, 0.05) is 18.5 Å². The van der Waals surface area contributed by atoms with Gasteiger partial charge in [-0.25, -0.2) is 0 Å². The zero-order valence-corrected chi connectivity index (χ0v) is 13.3. The van der Waals surface area contributed by atoms with Crippen molar-refractivity contribution in [2.45, 2.75) is 38.6 Å². The Bertz CT molecular complexity index is 594. The second-order valence-electron chi connectivity index (χ2n) is 6.74. The topological polar surface area (TPSA) is 56.1 Å². The molecule has 116 valence electrons. The number of rotatable bonds is 2. The number of nitrogens with one attached hydrogen (secondary N) is 1. The average Bonchev–Trinajstić information content (AvgIpc) is 2.82. The van der Waals surface area contributed by atoms with Gasteiger partial charge in [-0.2, -0.15) is 5.26 Å². The predicted octanol–water partition coefficient (Wildman–Crippen LogP) is 2.26. The Labute approximate surface area is 132 Å². The molecule has 1 atom stereocenters. The van der Waals surface area contributed by atoms with Crippen molar-refractivity contribution in [2.75, 3.05) is 19.6 Å². The zero-order chi connectivity index (χ0) is 15.7. The molecule has 2 aliphatic rings. The molecule has 2 heterocycles. The van der Waals surface area contributed by atoms with E-state index in [-0.39, 0.29) is 17.4 Å². The van der Waals surface area contributed by atoms with E-state index < -0.39 is 0 Å². The van der Waals surface area contributed by atoms with E-state index in [0.717, 1.165) is 32.5 Å². The van der Waals surface area contributed by atoms with Crippen LogP contribution in [0.1, 0.15) is 43.7 Å². The molecule has 1 spiro atoms. The second-order valence-corrected chi connectivity index (χ2v) is 6.74. The number of nitriles is 1. The standard InChI is InChI=1S/C18H23N3O/c1-13(2)21-12-16(15-5-3-14(11-19)4-6-15)18(17(21)22)7-9-20-10-8-18/h3-6,13,16,20H,7-10,12H2,1-2H3. The molecular weight excluding hydrogens is 274 g/mol. The number of hydrogen-bond acceptors (Lipinski definition) is 3. The Morgan fingerprint density at radius 1 is 1.27 bits per heavy atom. The molecule has 22 heavy (non-hydrogen) atoms. The predicted molar refractivity (Wildman–Crippen MR) is 85.3 cm³/mol. The molecule has 4 nitrogen and oxygen atoms in total. The molecule has 0 bridgehead atoms. The van der Waals surface area contributed by atoms with Crippen LogP contribution in [-0.4, -0.2) is 36.5 Å². The summed E-state index contributed by atoms with van der Waals surface area (Å²) in [5.41, 5.74) is 1.61. The van der Waals surface area contributed by atoms with E-state index in [1.165, 1.54) is 5.56 Å². The number of nitrogens with zero attached hydrogens (tertiary/aromatic N) is 2. The smallest absolute Gasteiger partial charge is 0.229 e. The average molecular weight is 297 g/mol. The van der Waals surface area contributed by atoms with Crippen LogP contribution in [0.4, 0.5) is 0 Å². The van der Waals surface area contributed by atoms with E-state index in [1.807, 2.05) is 29.2 Å². The highest BCUT2D eigenvalue weighted by Crippen LogP contribution is 2.50. The summed E-state index contributed by atoms with van der Waals surface area (Å²) in [7, 11) is 0. The summed E-state index contributed by atoms with van der Waals surface area (Å²) >= 11 is 0. The highest BCUT2D eigenvalue weighted by molar-refractivity contribution is 5.87. The van der Waals surface area contributed by atoms with Gasteiger partial charge < -0.3 is 10.2 Å². The molecule has 1 unspecified atom stereocenters. The molecule has 4 heteroatoms. The quantitative estimate of drug-likeness (QED) is 0.911. The Balaban J connectivity index is 1.99. The Morgan fingerprint density at radius 2 is 1.91 bits per heavy atom. The van der Waals surface area contributed by atoms with Crippen molar-refractivity contribution >= 4 is 5.91 Å². The lowest BCUT2D eigenvalue weighted by Gasteiger charge is -2.37. The van der Waals surface area contributed by atoms with Gasteiger partial charge in [0.25, 0.3) is 0 Å². The van der Waals surface area contributed by atoms with Crippen LogP contribution in [0.15, 0.2) is 24.3 Å². The maximum absolute atomic E-state index is 13.1. The minimum atomic E-state index is -0.260. The lowest BCUT2D eigenvalue weighted by molar-refractivity contribution is -0.139. The first-order valence-corrected chi connectivity index (χ1v) is 8.10. The third-order valence-corrected chi connectivity index (χ3v) is 5.29. The van der Waals surface area contributed by atoms with E-state index in [4.69, 9.17) is 5.26 Å². The first-order chi connectivity index (χ1) is 10.6. The van der Waals surface area contributed by atoms with Gasteiger partial charge in [0.2, 0.25) is 5.91 Å². The van der Waals surface area contributed by atoms with Crippen LogP contribution in [0.2, 0.25) is 0 Å². The van der Waals surface area contributed by atoms with E-state index in [1.54, 1.807) is 0 Å². The van der Waals surface area contributed by atoms with Gasteiger partial charge in [0.15, 0.2) is 0 Å². The maximum atomic E-state index is 13.1. The van der Waals surface area contributed by atoms with E-state index >= 15 is 0 Å². The largest absolute Gasteiger partial charge is 0.339 e. The van der Waals surface area contributed by atoms with E-state index in [9.17, 15) is 4.79 Å². The highest BCUT2D eigenvalue weighted by atomic mass is 16.2. The molecule has 0 aromatic heterocycles. The monoisotopic (exact) mass is 297 g/mol. The van der Waals surface area contributed by atoms with Crippen molar-refractivity contribution in [3.63, 3.8) is 0 Å². The third kappa shape index (κ3) is 2.30. The molecule has 0 aliphatic carbocycles. The summed E-state index contributed by atoms with van der Waals surface area (Å²) in [6.45, 7) is 6.79. The minimum absolute atomic E-state index is 0.234. The number of amides is 1. The van der Waals surface area contributed by atoms with Gasteiger partial charge in [0.1, 0.15) is 0 Å². The van der Waals surface area contributed by atoms with Crippen LogP contribution < -0.4 is 5.32 Å². The number of carbonyl (C=O) groups excluding carboxylic acids is 1. The minimum Gasteiger partial charge on any atom is -0.339 e. The molecule has 0 radical (unpaired) electrons. The Kier molecular flexibility index (Phi) is 3.92. The molecule has 1 N–H and O–H groups in total. The number of carbonyl (C=O) groups is 1. The number of benzene rings is 1. The van der Waals surface area contributed by atoms with E-state index in [0.29, 0.717) is 11.5 Å². The fourth-order valence-electron chi connectivity index (χ4n) is 3.98. The Hall–Kier alpha value is -1.86. The van der Waals surface area contributed by atoms with Crippen molar-refractivity contribution in [2.24, 2.45) is 5.41 Å². The molecule has 0 saturated carbocycles. The first kappa shape index (κ1) is 15.1. The normalized spacial score (nSPS) is 24.0. The molecule has 1 amide bonds. The fraction of sp³-hybridized carbons (Fsp3) is 0.556. The molecule has 1 aromatic rings. The molecule has 1 aromatic carbocycles. The van der Waals surface area contributed by atoms with Crippen molar-refractivity contribution < 1.29 is 4.79 Å². The van der Waals surface area contributed by atoms with Crippen molar-refractivity contribution in [3.05, 3.63) is 35.4 Å². The lowest BCUT2D eigenvalue weighted by atomic mass is 9.68. The summed E-state index contributed by atoms with van der Waals surface area (Å²) in [5, 5.41) is 12.3. The van der Waals surface area contributed by atoms with Crippen LogP contribution in [0, 0.1) is 16.7 Å². The van der Waals surface area contributed by atoms with Gasteiger partial charge in [-0.15, -0.1) is 0 Å². The van der Waals surface area contributed by atoms with Crippen LogP contribution in [-0.2, 0) is 4.79 Å². The van der Waals surface area contributed by atoms with Gasteiger partial charge in [0.05, 0.1) is 17.0 Å². The van der Waals surface area contributed by atoms with Crippen LogP contribution in [0.25, 0.3) is 0 Å². The van der Waals surface area contributed by atoms with E-state index in [2.05, 4.69) is 25.2 Å². The van der Waals surface area contributed by atoms with Gasteiger partial charge >= 0.3 is 0 Å². The SMILES string of the molecule is CC(C)N1CC(c2ccc(C#N)cc2)C2(CCNCC2)C1=O. The van der Waals surface area contributed by atoms with Crippen LogP contribution >= 0.6 is 0 Å². The molecular formula is C18H23N3O.